The van der Waals surface area contributed by atoms with Crippen LogP contribution >= 0.6 is 23.2 Å². The minimum absolute atomic E-state index is 0.00617. The number of methoxy groups -OCH3 is 1. The minimum Gasteiger partial charge on any atom is -0.385 e. The number of halogens is 2. The summed E-state index contributed by atoms with van der Waals surface area (Å²) >= 11 is 12.0. The summed E-state index contributed by atoms with van der Waals surface area (Å²) in [6, 6.07) is 4.91. The largest absolute Gasteiger partial charge is 0.385 e. The summed E-state index contributed by atoms with van der Waals surface area (Å²) in [5.41, 5.74) is 1.03. The van der Waals surface area contributed by atoms with Crippen LogP contribution < -0.4 is 4.90 Å². The predicted molar refractivity (Wildman–Crippen MR) is 101 cm³/mol. The lowest BCUT2D eigenvalue weighted by Gasteiger charge is -2.37. The van der Waals surface area contributed by atoms with Gasteiger partial charge in [0.05, 0.1) is 17.6 Å². The van der Waals surface area contributed by atoms with Gasteiger partial charge in [0, 0.05) is 24.8 Å². The van der Waals surface area contributed by atoms with E-state index in [0.29, 0.717) is 29.4 Å². The molecule has 1 unspecified atom stereocenters. The maximum Gasteiger partial charge on any atom is 0.247 e. The summed E-state index contributed by atoms with van der Waals surface area (Å²) in [4.78, 5) is 28.5. The van der Waals surface area contributed by atoms with E-state index in [2.05, 4.69) is 10.3 Å². The summed E-state index contributed by atoms with van der Waals surface area (Å²) in [6.45, 7) is 2.34. The minimum atomic E-state index is -0.200. The number of piperazine rings is 1. The first kappa shape index (κ1) is 19.6. The molecule has 1 aliphatic rings. The number of carbonyl (C=O) groups excluding carboxylic acids is 2. The Bertz CT molecular complexity index is 857. The van der Waals surface area contributed by atoms with E-state index in [9.17, 15) is 9.59 Å². The molecule has 0 aliphatic carbocycles. The van der Waals surface area contributed by atoms with Gasteiger partial charge in [-0.2, -0.15) is 0 Å². The summed E-state index contributed by atoms with van der Waals surface area (Å²) in [5.74, 6) is -0.339. The van der Waals surface area contributed by atoms with Crippen molar-refractivity contribution in [3.8, 4) is 5.69 Å². The highest BCUT2D eigenvalue weighted by Crippen LogP contribution is 2.30. The number of hydrogen-bond donors (Lipinski definition) is 0. The second-order valence-corrected chi connectivity index (χ2v) is 7.07. The van der Waals surface area contributed by atoms with Crippen LogP contribution in [0.3, 0.4) is 0 Å². The Hall–Kier alpha value is -2.16. The average Bonchev–Trinajstić information content (AvgIpc) is 3.07. The van der Waals surface area contributed by atoms with Gasteiger partial charge in [0.15, 0.2) is 5.15 Å². The van der Waals surface area contributed by atoms with Crippen LogP contribution in [0, 0.1) is 0 Å². The molecule has 2 aromatic rings. The van der Waals surface area contributed by atoms with E-state index in [1.54, 1.807) is 30.2 Å². The molecule has 0 saturated carbocycles. The quantitative estimate of drug-likeness (QED) is 0.727. The van der Waals surface area contributed by atoms with Crippen molar-refractivity contribution in [2.45, 2.75) is 19.4 Å². The highest BCUT2D eigenvalue weighted by atomic mass is 35.5. The first-order valence-corrected chi connectivity index (χ1v) is 9.13. The molecule has 3 rings (SSSR count). The van der Waals surface area contributed by atoms with E-state index in [1.807, 2.05) is 6.92 Å². The van der Waals surface area contributed by atoms with Crippen molar-refractivity contribution in [2.75, 3.05) is 31.7 Å². The molecule has 1 aliphatic heterocycles. The molecule has 27 heavy (non-hydrogen) atoms. The van der Waals surface area contributed by atoms with Crippen LogP contribution in [0.5, 0.6) is 0 Å². The lowest BCUT2D eigenvalue weighted by atomic mass is 10.1. The van der Waals surface area contributed by atoms with Crippen molar-refractivity contribution in [2.24, 2.45) is 0 Å². The SMILES string of the molecule is COCCC(C)N1CC(=O)N(c2cc(Cl)ccc2-n2cc(Cl)nn2)CC1=O. The predicted octanol–water partition coefficient (Wildman–Crippen LogP) is 2.17. The van der Waals surface area contributed by atoms with Gasteiger partial charge in [0.25, 0.3) is 0 Å². The van der Waals surface area contributed by atoms with Gasteiger partial charge in [-0.05, 0) is 31.5 Å². The molecule has 0 radical (unpaired) electrons. The Morgan fingerprint density at radius 2 is 1.96 bits per heavy atom. The van der Waals surface area contributed by atoms with E-state index in [0.717, 1.165) is 0 Å². The molecule has 0 N–H and O–H groups in total. The summed E-state index contributed by atoms with van der Waals surface area (Å²) in [7, 11) is 1.61. The normalized spacial score (nSPS) is 16.1. The fourth-order valence-corrected chi connectivity index (χ4v) is 3.26. The van der Waals surface area contributed by atoms with Gasteiger partial charge in [-0.1, -0.05) is 28.4 Å². The third kappa shape index (κ3) is 4.23. The number of ether oxygens (including phenoxy) is 1. The Morgan fingerprint density at radius 1 is 1.19 bits per heavy atom. The number of nitrogens with zero attached hydrogens (tertiary/aromatic N) is 5. The standard InChI is InChI=1S/C17H19Cl2N5O3/c1-11(5-6-27-2)22-9-17(26)23(10-16(22)25)14-7-12(18)3-4-13(14)24-8-15(19)20-21-24/h3-4,7-8,11H,5-6,9-10H2,1-2H3. The van der Waals surface area contributed by atoms with Gasteiger partial charge < -0.3 is 9.64 Å². The Balaban J connectivity index is 1.88. The third-order valence-corrected chi connectivity index (χ3v) is 4.84. The van der Waals surface area contributed by atoms with Crippen molar-refractivity contribution < 1.29 is 14.3 Å². The van der Waals surface area contributed by atoms with Gasteiger partial charge in [0.1, 0.15) is 13.1 Å². The Kier molecular flexibility index (Phi) is 5.98. The number of rotatable bonds is 6. The summed E-state index contributed by atoms with van der Waals surface area (Å²) in [6.07, 6.45) is 2.18. The van der Waals surface area contributed by atoms with Crippen LogP contribution in [-0.2, 0) is 14.3 Å². The van der Waals surface area contributed by atoms with Gasteiger partial charge in [-0.25, -0.2) is 4.68 Å². The van der Waals surface area contributed by atoms with E-state index in [-0.39, 0.29) is 36.1 Å². The van der Waals surface area contributed by atoms with Gasteiger partial charge in [0.2, 0.25) is 11.8 Å². The van der Waals surface area contributed by atoms with E-state index >= 15 is 0 Å². The molecule has 10 heteroatoms. The second-order valence-electron chi connectivity index (χ2n) is 6.25. The van der Waals surface area contributed by atoms with Crippen LogP contribution in [-0.4, -0.2) is 64.6 Å². The van der Waals surface area contributed by atoms with Gasteiger partial charge in [-0.3, -0.25) is 14.5 Å². The van der Waals surface area contributed by atoms with Crippen molar-refractivity contribution in [1.82, 2.24) is 19.9 Å². The molecule has 0 bridgehead atoms. The molecule has 144 valence electrons. The molecule has 8 nitrogen and oxygen atoms in total. The maximum absolute atomic E-state index is 12.8. The third-order valence-electron chi connectivity index (χ3n) is 4.43. The molecule has 1 aromatic carbocycles. The fourth-order valence-electron chi connectivity index (χ4n) is 2.97. The Morgan fingerprint density at radius 3 is 2.63 bits per heavy atom. The van der Waals surface area contributed by atoms with Crippen LogP contribution in [0.25, 0.3) is 5.69 Å². The number of amides is 2. The lowest BCUT2D eigenvalue weighted by Crippen LogP contribution is -2.56. The number of aromatic nitrogens is 3. The van der Waals surface area contributed by atoms with Crippen LogP contribution in [0.1, 0.15) is 13.3 Å². The first-order chi connectivity index (χ1) is 12.9. The average molecular weight is 412 g/mol. The maximum atomic E-state index is 12.8. The molecule has 2 amide bonds. The zero-order valence-corrected chi connectivity index (χ0v) is 16.4. The molecule has 0 spiro atoms. The number of carbonyl (C=O) groups is 2. The van der Waals surface area contributed by atoms with Crippen LogP contribution in [0.15, 0.2) is 24.4 Å². The molecular weight excluding hydrogens is 393 g/mol. The smallest absolute Gasteiger partial charge is 0.247 e. The van der Waals surface area contributed by atoms with Gasteiger partial charge in [-0.15, -0.1) is 5.10 Å². The monoisotopic (exact) mass is 411 g/mol. The number of anilines is 1. The van der Waals surface area contributed by atoms with Crippen molar-refractivity contribution >= 4 is 40.7 Å². The molecule has 2 heterocycles. The highest BCUT2D eigenvalue weighted by Gasteiger charge is 2.34. The van der Waals surface area contributed by atoms with E-state index in [4.69, 9.17) is 27.9 Å². The highest BCUT2D eigenvalue weighted by molar-refractivity contribution is 6.31. The van der Waals surface area contributed by atoms with E-state index in [1.165, 1.54) is 15.8 Å². The van der Waals surface area contributed by atoms with Crippen LogP contribution in [0.2, 0.25) is 10.2 Å². The second kappa shape index (κ2) is 8.24. The van der Waals surface area contributed by atoms with Crippen molar-refractivity contribution in [3.05, 3.63) is 34.6 Å². The van der Waals surface area contributed by atoms with Gasteiger partial charge >= 0.3 is 0 Å². The molecule has 1 saturated heterocycles. The zero-order valence-electron chi connectivity index (χ0n) is 14.9. The first-order valence-electron chi connectivity index (χ1n) is 8.37. The fraction of sp³-hybridized carbons (Fsp3) is 0.412. The van der Waals surface area contributed by atoms with Crippen molar-refractivity contribution in [1.29, 1.82) is 0 Å². The topological polar surface area (TPSA) is 80.6 Å². The molecular formula is C17H19Cl2N5O3. The van der Waals surface area contributed by atoms with Crippen molar-refractivity contribution in [3.63, 3.8) is 0 Å². The number of hydrogen-bond acceptors (Lipinski definition) is 5. The number of benzene rings is 1. The lowest BCUT2D eigenvalue weighted by molar-refractivity contribution is -0.140. The molecule has 1 atom stereocenters. The summed E-state index contributed by atoms with van der Waals surface area (Å²) in [5, 5.41) is 8.35. The Labute approximate surface area is 166 Å². The summed E-state index contributed by atoms with van der Waals surface area (Å²) < 4.78 is 6.51. The molecule has 1 aromatic heterocycles. The van der Waals surface area contributed by atoms with E-state index < -0.39 is 0 Å². The zero-order chi connectivity index (χ0) is 19.6. The van der Waals surface area contributed by atoms with Crippen LogP contribution in [0.4, 0.5) is 5.69 Å². The molecule has 1 fully saturated rings.